The highest BCUT2D eigenvalue weighted by atomic mass is 16.1. The van der Waals surface area contributed by atoms with Gasteiger partial charge < -0.3 is 10.6 Å². The van der Waals surface area contributed by atoms with Crippen molar-refractivity contribution in [2.75, 3.05) is 18.4 Å². The van der Waals surface area contributed by atoms with Gasteiger partial charge in [-0.2, -0.15) is 0 Å². The number of aromatic nitrogens is 3. The summed E-state index contributed by atoms with van der Waals surface area (Å²) >= 11 is 0. The molecule has 0 saturated heterocycles. The molecule has 0 aromatic carbocycles. The second kappa shape index (κ2) is 6.99. The number of aryl methyl sites for hydroxylation is 1. The fourth-order valence-corrected chi connectivity index (χ4v) is 1.94. The Bertz CT molecular complexity index is 590. The molecule has 0 aliphatic heterocycles. The summed E-state index contributed by atoms with van der Waals surface area (Å²) in [5.41, 5.74) is 0.699. The fourth-order valence-electron chi connectivity index (χ4n) is 1.94. The number of carbonyl (C=O) groups is 1. The predicted octanol–water partition coefficient (Wildman–Crippen LogP) is 1.76. The highest BCUT2D eigenvalue weighted by Gasteiger charge is 2.12. The van der Waals surface area contributed by atoms with Gasteiger partial charge in [-0.15, -0.1) is 0 Å². The Hall–Kier alpha value is -2.21. The average Bonchev–Trinajstić information content (AvgIpc) is 2.91. The lowest BCUT2D eigenvalue weighted by Gasteiger charge is -2.12. The summed E-state index contributed by atoms with van der Waals surface area (Å²) in [7, 11) is 0. The maximum atomic E-state index is 12.0. The maximum Gasteiger partial charge on any atom is 0.228 e. The van der Waals surface area contributed by atoms with Gasteiger partial charge in [0.2, 0.25) is 5.91 Å². The second-order valence-electron chi connectivity index (χ2n) is 4.95. The van der Waals surface area contributed by atoms with Gasteiger partial charge >= 0.3 is 0 Å². The summed E-state index contributed by atoms with van der Waals surface area (Å²) in [4.78, 5) is 20.5. The maximum absolute atomic E-state index is 12.0. The lowest BCUT2D eigenvalue weighted by Crippen LogP contribution is -2.30. The number of rotatable bonds is 6. The second-order valence-corrected chi connectivity index (χ2v) is 4.95. The largest absolute Gasteiger partial charge is 0.324 e. The summed E-state index contributed by atoms with van der Waals surface area (Å²) in [6.45, 7) is 7.36. The molecular weight excluding hydrogens is 266 g/mol. The number of carbonyl (C=O) groups excluding carboxylic acids is 1. The molecule has 2 heterocycles. The predicted molar refractivity (Wildman–Crippen MR) is 82.4 cm³/mol. The van der Waals surface area contributed by atoms with Gasteiger partial charge in [-0.1, -0.05) is 13.8 Å². The van der Waals surface area contributed by atoms with Gasteiger partial charge in [0.05, 0.1) is 11.9 Å². The molecular formula is C15H21N5O. The van der Waals surface area contributed by atoms with Crippen molar-refractivity contribution in [3.05, 3.63) is 36.5 Å². The lowest BCUT2D eigenvalue weighted by atomic mass is 10.1. The van der Waals surface area contributed by atoms with E-state index in [9.17, 15) is 4.79 Å². The first-order chi connectivity index (χ1) is 10.1. The average molecular weight is 287 g/mol. The monoisotopic (exact) mass is 287 g/mol. The minimum Gasteiger partial charge on any atom is -0.324 e. The zero-order valence-electron chi connectivity index (χ0n) is 12.6. The minimum atomic E-state index is -0.0829. The molecule has 2 N–H and O–H groups in total. The van der Waals surface area contributed by atoms with Gasteiger partial charge in [0.1, 0.15) is 11.6 Å². The first kappa shape index (κ1) is 15.2. The van der Waals surface area contributed by atoms with Crippen molar-refractivity contribution in [2.24, 2.45) is 5.92 Å². The first-order valence-electron chi connectivity index (χ1n) is 7.09. The molecule has 0 spiro atoms. The molecule has 0 radical (unpaired) electrons. The number of imidazole rings is 1. The Labute approximate surface area is 124 Å². The first-order valence-corrected chi connectivity index (χ1v) is 7.09. The summed E-state index contributed by atoms with van der Waals surface area (Å²) in [5, 5.41) is 6.03. The molecule has 1 amide bonds. The number of hydrogen-bond donors (Lipinski definition) is 2. The summed E-state index contributed by atoms with van der Waals surface area (Å²) in [6, 6.07) is 3.71. The Morgan fingerprint density at radius 3 is 2.76 bits per heavy atom. The van der Waals surface area contributed by atoms with Crippen molar-refractivity contribution in [3.8, 4) is 5.82 Å². The van der Waals surface area contributed by atoms with Crippen LogP contribution in [-0.2, 0) is 4.79 Å². The SMILES string of the molecule is CCNCC(C)C(=O)Nc1ccc(-n2ccnc2C)nc1. The number of hydrogen-bond acceptors (Lipinski definition) is 4. The van der Waals surface area contributed by atoms with E-state index in [1.165, 1.54) is 0 Å². The molecule has 2 aromatic rings. The Kier molecular flexibility index (Phi) is 5.05. The van der Waals surface area contributed by atoms with E-state index < -0.39 is 0 Å². The molecule has 6 nitrogen and oxygen atoms in total. The minimum absolute atomic E-state index is 0.00990. The van der Waals surface area contributed by atoms with Crippen LogP contribution in [-0.4, -0.2) is 33.5 Å². The van der Waals surface area contributed by atoms with Gasteiger partial charge in [-0.25, -0.2) is 9.97 Å². The zero-order chi connectivity index (χ0) is 15.2. The van der Waals surface area contributed by atoms with E-state index in [0.29, 0.717) is 12.2 Å². The van der Waals surface area contributed by atoms with Crippen molar-refractivity contribution in [1.82, 2.24) is 19.9 Å². The quantitative estimate of drug-likeness (QED) is 0.849. The number of pyridine rings is 1. The highest BCUT2D eigenvalue weighted by Crippen LogP contribution is 2.12. The molecule has 2 rings (SSSR count). The van der Waals surface area contributed by atoms with Crippen LogP contribution in [0.15, 0.2) is 30.7 Å². The van der Waals surface area contributed by atoms with Crippen LogP contribution in [0.2, 0.25) is 0 Å². The van der Waals surface area contributed by atoms with Crippen LogP contribution in [0.1, 0.15) is 19.7 Å². The van der Waals surface area contributed by atoms with Crippen LogP contribution in [0.3, 0.4) is 0 Å². The van der Waals surface area contributed by atoms with Crippen LogP contribution in [0, 0.1) is 12.8 Å². The van der Waals surface area contributed by atoms with Gasteiger partial charge in [-0.05, 0) is 25.6 Å². The molecule has 2 aromatic heterocycles. The molecule has 0 fully saturated rings. The van der Waals surface area contributed by atoms with Gasteiger partial charge in [0.15, 0.2) is 0 Å². The standard InChI is InChI=1S/C15H21N5O/c1-4-16-9-11(2)15(21)19-13-5-6-14(18-10-13)20-8-7-17-12(20)3/h5-8,10-11,16H,4,9H2,1-3H3,(H,19,21). The Morgan fingerprint density at radius 1 is 1.38 bits per heavy atom. The molecule has 1 atom stereocenters. The molecule has 6 heteroatoms. The van der Waals surface area contributed by atoms with Gasteiger partial charge in [-0.3, -0.25) is 9.36 Å². The van der Waals surface area contributed by atoms with Crippen LogP contribution >= 0.6 is 0 Å². The summed E-state index contributed by atoms with van der Waals surface area (Å²) in [5.74, 6) is 1.56. The van der Waals surface area contributed by atoms with Gasteiger partial charge in [0.25, 0.3) is 0 Å². The van der Waals surface area contributed by atoms with E-state index >= 15 is 0 Å². The number of nitrogens with one attached hydrogen (secondary N) is 2. The van der Waals surface area contributed by atoms with Crippen LogP contribution in [0.5, 0.6) is 0 Å². The molecule has 112 valence electrons. The van der Waals surface area contributed by atoms with Crippen molar-refractivity contribution in [1.29, 1.82) is 0 Å². The zero-order valence-corrected chi connectivity index (χ0v) is 12.6. The number of nitrogens with zero attached hydrogens (tertiary/aromatic N) is 3. The summed E-state index contributed by atoms with van der Waals surface area (Å²) < 4.78 is 1.89. The van der Waals surface area contributed by atoms with Crippen molar-refractivity contribution < 1.29 is 4.79 Å². The molecule has 0 bridgehead atoms. The van der Waals surface area contributed by atoms with E-state index in [2.05, 4.69) is 20.6 Å². The number of amides is 1. The van der Waals surface area contributed by atoms with E-state index in [1.807, 2.05) is 43.7 Å². The third-order valence-corrected chi connectivity index (χ3v) is 3.24. The lowest BCUT2D eigenvalue weighted by molar-refractivity contribution is -0.119. The van der Waals surface area contributed by atoms with Crippen LogP contribution in [0.4, 0.5) is 5.69 Å². The summed E-state index contributed by atoms with van der Waals surface area (Å²) in [6.07, 6.45) is 5.25. The molecule has 0 saturated carbocycles. The fraction of sp³-hybridized carbons (Fsp3) is 0.400. The topological polar surface area (TPSA) is 71.8 Å². The van der Waals surface area contributed by atoms with Crippen LogP contribution in [0.25, 0.3) is 5.82 Å². The normalized spacial score (nSPS) is 12.1. The van der Waals surface area contributed by atoms with Gasteiger partial charge in [0, 0.05) is 24.9 Å². The van der Waals surface area contributed by atoms with E-state index in [-0.39, 0.29) is 11.8 Å². The van der Waals surface area contributed by atoms with Crippen molar-refractivity contribution in [2.45, 2.75) is 20.8 Å². The molecule has 21 heavy (non-hydrogen) atoms. The number of anilines is 1. The third-order valence-electron chi connectivity index (χ3n) is 3.24. The van der Waals surface area contributed by atoms with E-state index in [1.54, 1.807) is 12.4 Å². The third kappa shape index (κ3) is 3.88. The van der Waals surface area contributed by atoms with Crippen molar-refractivity contribution >= 4 is 11.6 Å². The van der Waals surface area contributed by atoms with Crippen LogP contribution < -0.4 is 10.6 Å². The van der Waals surface area contributed by atoms with E-state index in [0.717, 1.165) is 18.2 Å². The molecule has 0 aliphatic rings. The molecule has 1 unspecified atom stereocenters. The highest BCUT2D eigenvalue weighted by molar-refractivity contribution is 5.92. The Morgan fingerprint density at radius 2 is 2.19 bits per heavy atom. The molecule has 0 aliphatic carbocycles. The smallest absolute Gasteiger partial charge is 0.228 e. The Balaban J connectivity index is 2.00. The van der Waals surface area contributed by atoms with E-state index in [4.69, 9.17) is 0 Å². The van der Waals surface area contributed by atoms with Crippen molar-refractivity contribution in [3.63, 3.8) is 0 Å².